The van der Waals surface area contributed by atoms with Gasteiger partial charge in [-0.15, -0.1) is 5.10 Å². The van der Waals surface area contributed by atoms with E-state index in [4.69, 9.17) is 9.15 Å². The van der Waals surface area contributed by atoms with Crippen molar-refractivity contribution in [1.29, 1.82) is 0 Å². The Balaban J connectivity index is 1.26. The molecule has 0 saturated heterocycles. The molecule has 190 valence electrons. The maximum Gasteiger partial charge on any atom is 0.310 e. The van der Waals surface area contributed by atoms with Crippen LogP contribution in [0.5, 0.6) is 5.75 Å². The van der Waals surface area contributed by atoms with Gasteiger partial charge in [-0.05, 0) is 47.9 Å². The van der Waals surface area contributed by atoms with Crippen molar-refractivity contribution in [2.45, 2.75) is 24.5 Å². The molecule has 0 aliphatic rings. The van der Waals surface area contributed by atoms with Gasteiger partial charge < -0.3 is 9.15 Å². The smallest absolute Gasteiger partial charge is 0.310 e. The molecule has 0 spiro atoms. The van der Waals surface area contributed by atoms with Gasteiger partial charge in [0.2, 0.25) is 5.89 Å². The number of rotatable bonds is 10. The van der Waals surface area contributed by atoms with Gasteiger partial charge in [-0.1, -0.05) is 61.1 Å². The molecule has 0 atom stereocenters. The van der Waals surface area contributed by atoms with Crippen LogP contribution in [0.15, 0.2) is 82.6 Å². The van der Waals surface area contributed by atoms with Crippen molar-refractivity contribution in [3.8, 4) is 5.75 Å². The minimum Gasteiger partial charge on any atom is -0.487 e. The van der Waals surface area contributed by atoms with E-state index in [1.165, 1.54) is 18.4 Å². The topological polar surface area (TPSA) is 66.0 Å². The van der Waals surface area contributed by atoms with Crippen LogP contribution in [-0.2, 0) is 13.2 Å². The highest BCUT2D eigenvalue weighted by Gasteiger charge is 2.65. The first-order valence-electron chi connectivity index (χ1n) is 10.6. The van der Waals surface area contributed by atoms with Crippen molar-refractivity contribution in [2.24, 2.45) is 0 Å². The zero-order chi connectivity index (χ0) is 25.7. The molecular weight excluding hydrogens is 503 g/mol. The second-order valence-electron chi connectivity index (χ2n) is 7.76. The van der Waals surface area contributed by atoms with E-state index in [0.717, 1.165) is 30.7 Å². The molecule has 36 heavy (non-hydrogen) atoms. The standard InChI is InChI=1S/C24H21F5N4O2S/c25-36(26,27,28,29)23-11-6-20(7-12-23)8-13-24-31-21(18-35-24)17-34-22-9-4-19(5-10-22)3-1-2-15-33-16-14-30-32-33/h1,3-14,16,18H,2,15,17H2/b3-1+,13-8+. The molecule has 2 aromatic heterocycles. The van der Waals surface area contributed by atoms with Crippen molar-refractivity contribution >= 4 is 28.5 Å². The quantitative estimate of drug-likeness (QED) is 0.198. The van der Waals surface area contributed by atoms with E-state index >= 15 is 0 Å². The monoisotopic (exact) mass is 524 g/mol. The zero-order valence-corrected chi connectivity index (χ0v) is 19.5. The molecule has 0 fully saturated rings. The second-order valence-corrected chi connectivity index (χ2v) is 10.2. The Morgan fingerprint density at radius 2 is 1.58 bits per heavy atom. The molecule has 2 aromatic carbocycles. The molecule has 2 heterocycles. The van der Waals surface area contributed by atoms with Crippen LogP contribution < -0.4 is 4.74 Å². The summed E-state index contributed by atoms with van der Waals surface area (Å²) in [7, 11) is -9.68. The van der Waals surface area contributed by atoms with Crippen LogP contribution in [0.25, 0.3) is 18.2 Å². The van der Waals surface area contributed by atoms with E-state index in [-0.39, 0.29) is 18.1 Å². The van der Waals surface area contributed by atoms with E-state index in [1.807, 2.05) is 36.4 Å². The SMILES string of the molecule is FS(F)(F)(F)(F)c1ccc(/C=C/c2nc(COc3ccc(/C=C/CCn4ccnn4)cc3)co2)cc1. The minimum atomic E-state index is -9.68. The van der Waals surface area contributed by atoms with E-state index in [1.54, 1.807) is 17.1 Å². The Kier molecular flexibility index (Phi) is 6.48. The highest BCUT2D eigenvalue weighted by Crippen LogP contribution is 3.02. The van der Waals surface area contributed by atoms with Crippen LogP contribution in [0.2, 0.25) is 0 Å². The summed E-state index contributed by atoms with van der Waals surface area (Å²) < 4.78 is 76.7. The lowest BCUT2D eigenvalue weighted by Crippen LogP contribution is -2.05. The molecule has 0 radical (unpaired) electrons. The summed E-state index contributed by atoms with van der Waals surface area (Å²) >= 11 is 0. The summed E-state index contributed by atoms with van der Waals surface area (Å²) in [5, 5.41) is 7.66. The van der Waals surface area contributed by atoms with Crippen molar-refractivity contribution < 1.29 is 28.6 Å². The molecule has 0 bridgehead atoms. The number of oxazole rings is 1. The molecule has 4 aromatic rings. The lowest BCUT2D eigenvalue weighted by molar-refractivity contribution is 0.301. The van der Waals surface area contributed by atoms with Crippen LogP contribution in [0.4, 0.5) is 19.4 Å². The Bertz CT molecular complexity index is 1350. The highest BCUT2D eigenvalue weighted by atomic mass is 32.5. The number of halogens is 5. The van der Waals surface area contributed by atoms with Crippen LogP contribution >= 0.6 is 10.2 Å². The summed E-state index contributed by atoms with van der Waals surface area (Å²) in [6, 6.07) is 10.1. The Morgan fingerprint density at radius 1 is 0.889 bits per heavy atom. The van der Waals surface area contributed by atoms with E-state index in [0.29, 0.717) is 23.6 Å². The molecule has 4 rings (SSSR count). The fourth-order valence-electron chi connectivity index (χ4n) is 3.08. The fourth-order valence-corrected chi connectivity index (χ4v) is 3.73. The molecule has 0 aliphatic heterocycles. The minimum absolute atomic E-state index is 0.142. The second kappa shape index (κ2) is 9.26. The fraction of sp³-hybridized carbons (Fsp3) is 0.125. The highest BCUT2D eigenvalue weighted by molar-refractivity contribution is 8.45. The molecule has 0 aliphatic carbocycles. The number of aryl methyl sites for hydroxylation is 1. The number of allylic oxidation sites excluding steroid dienone is 1. The van der Waals surface area contributed by atoms with E-state index in [2.05, 4.69) is 15.3 Å². The summed E-state index contributed by atoms with van der Waals surface area (Å²) in [6.07, 6.45) is 12.5. The predicted octanol–water partition coefficient (Wildman–Crippen LogP) is 7.78. The summed E-state index contributed by atoms with van der Waals surface area (Å²) in [5.74, 6) is 0.829. The Morgan fingerprint density at radius 3 is 2.25 bits per heavy atom. The average molecular weight is 525 g/mol. The largest absolute Gasteiger partial charge is 0.487 e. The number of hydrogen-bond acceptors (Lipinski definition) is 5. The Labute approximate surface area is 203 Å². The molecular formula is C24H21F5N4O2S. The number of ether oxygens (including phenoxy) is 1. The number of nitrogens with zero attached hydrogens (tertiary/aromatic N) is 4. The molecule has 0 N–H and O–H groups in total. The Hall–Kier alpha value is -3.93. The van der Waals surface area contributed by atoms with Gasteiger partial charge in [0, 0.05) is 18.8 Å². The van der Waals surface area contributed by atoms with Gasteiger partial charge >= 0.3 is 10.2 Å². The number of benzene rings is 2. The third-order valence-corrected chi connectivity index (χ3v) is 6.05. The van der Waals surface area contributed by atoms with Gasteiger partial charge in [-0.25, -0.2) is 4.98 Å². The van der Waals surface area contributed by atoms with Crippen molar-refractivity contribution in [3.05, 3.63) is 96.0 Å². The lowest BCUT2D eigenvalue weighted by Gasteiger charge is -2.40. The maximum atomic E-state index is 12.8. The van der Waals surface area contributed by atoms with Gasteiger partial charge in [0.25, 0.3) is 0 Å². The van der Waals surface area contributed by atoms with Crippen LogP contribution in [-0.4, -0.2) is 20.0 Å². The first kappa shape index (κ1) is 25.2. The van der Waals surface area contributed by atoms with E-state index < -0.39 is 15.1 Å². The normalized spacial score (nSPS) is 14.2. The van der Waals surface area contributed by atoms with Crippen LogP contribution in [0.3, 0.4) is 0 Å². The average Bonchev–Trinajstić information content (AvgIpc) is 3.51. The predicted molar refractivity (Wildman–Crippen MR) is 128 cm³/mol. The van der Waals surface area contributed by atoms with Gasteiger partial charge in [0.05, 0.1) is 6.20 Å². The van der Waals surface area contributed by atoms with Gasteiger partial charge in [0.15, 0.2) is 0 Å². The zero-order valence-electron chi connectivity index (χ0n) is 18.7. The van der Waals surface area contributed by atoms with Gasteiger partial charge in [-0.2, -0.15) is 0 Å². The van der Waals surface area contributed by atoms with Crippen molar-refractivity contribution in [2.75, 3.05) is 0 Å². The molecule has 0 unspecified atom stereocenters. The molecule has 0 saturated carbocycles. The molecule has 12 heteroatoms. The van der Waals surface area contributed by atoms with Gasteiger partial charge in [-0.3, -0.25) is 4.68 Å². The summed E-state index contributed by atoms with van der Waals surface area (Å²) in [4.78, 5) is 2.28. The molecule has 6 nitrogen and oxygen atoms in total. The first-order valence-corrected chi connectivity index (χ1v) is 12.6. The third-order valence-electron chi connectivity index (χ3n) is 4.89. The maximum absolute atomic E-state index is 12.8. The summed E-state index contributed by atoms with van der Waals surface area (Å²) in [6.45, 7) is 0.889. The lowest BCUT2D eigenvalue weighted by atomic mass is 10.2. The van der Waals surface area contributed by atoms with Crippen molar-refractivity contribution in [3.63, 3.8) is 0 Å². The van der Waals surface area contributed by atoms with Crippen LogP contribution in [0, 0.1) is 0 Å². The number of hydrogen-bond donors (Lipinski definition) is 0. The summed E-state index contributed by atoms with van der Waals surface area (Å²) in [5.41, 5.74) is 1.80. The van der Waals surface area contributed by atoms with Crippen LogP contribution in [0.1, 0.15) is 29.1 Å². The first-order chi connectivity index (χ1) is 16.9. The third kappa shape index (κ3) is 7.28. The number of aromatic nitrogens is 4. The van der Waals surface area contributed by atoms with Gasteiger partial charge in [0.1, 0.15) is 29.2 Å². The van der Waals surface area contributed by atoms with E-state index in [9.17, 15) is 19.4 Å². The molecule has 0 amide bonds. The van der Waals surface area contributed by atoms with Crippen molar-refractivity contribution in [1.82, 2.24) is 20.0 Å².